The second-order valence-corrected chi connectivity index (χ2v) is 7.72. The molecule has 0 atom stereocenters. The van der Waals surface area contributed by atoms with Crippen LogP contribution in [-0.2, 0) is 4.79 Å². The molecule has 1 aromatic carbocycles. The molecule has 0 saturated heterocycles. The topological polar surface area (TPSA) is 58.2 Å². The summed E-state index contributed by atoms with van der Waals surface area (Å²) in [7, 11) is 0. The van der Waals surface area contributed by atoms with Gasteiger partial charge in [0.15, 0.2) is 0 Å². The third-order valence-corrected chi connectivity index (χ3v) is 6.18. The van der Waals surface area contributed by atoms with Gasteiger partial charge in [-0.15, -0.1) is 0 Å². The van der Waals surface area contributed by atoms with E-state index in [2.05, 4.69) is 40.1 Å². The van der Waals surface area contributed by atoms with Crippen molar-refractivity contribution in [2.75, 3.05) is 6.54 Å². The lowest BCUT2D eigenvalue weighted by molar-refractivity contribution is -0.128. The van der Waals surface area contributed by atoms with Crippen LogP contribution in [0, 0.1) is 10.5 Å². The van der Waals surface area contributed by atoms with E-state index < -0.39 is 5.54 Å². The van der Waals surface area contributed by atoms with Crippen LogP contribution in [0.1, 0.15) is 67.8 Å². The van der Waals surface area contributed by atoms with Crippen molar-refractivity contribution in [3.63, 3.8) is 0 Å². The minimum atomic E-state index is -0.754. The molecule has 0 spiro atoms. The zero-order chi connectivity index (χ0) is 17.6. The van der Waals surface area contributed by atoms with E-state index in [-0.39, 0.29) is 11.8 Å². The third-order valence-electron chi connectivity index (χ3n) is 4.75. The first-order valence-electron chi connectivity index (χ1n) is 8.86. The number of halogens is 1. The monoisotopic (exact) mass is 442 g/mol. The van der Waals surface area contributed by atoms with Gasteiger partial charge < -0.3 is 10.6 Å². The zero-order valence-corrected chi connectivity index (χ0v) is 16.7. The van der Waals surface area contributed by atoms with Gasteiger partial charge in [-0.2, -0.15) is 0 Å². The molecule has 24 heavy (non-hydrogen) atoms. The summed E-state index contributed by atoms with van der Waals surface area (Å²) in [6.07, 6.45) is 6.53. The summed E-state index contributed by atoms with van der Waals surface area (Å²) in [5.74, 6) is -0.165. The number of amides is 2. The number of carbonyl (C=O) groups is 2. The SMILES string of the molecule is CCCCNC(=O)C1(NC(=O)c2cccc(C)c2I)CCCCC1. The Morgan fingerprint density at radius 3 is 2.58 bits per heavy atom. The Morgan fingerprint density at radius 1 is 1.21 bits per heavy atom. The molecule has 0 heterocycles. The lowest BCUT2D eigenvalue weighted by Gasteiger charge is -2.36. The average molecular weight is 442 g/mol. The lowest BCUT2D eigenvalue weighted by Crippen LogP contribution is -2.59. The van der Waals surface area contributed by atoms with Gasteiger partial charge in [0.2, 0.25) is 5.91 Å². The summed E-state index contributed by atoms with van der Waals surface area (Å²) in [4.78, 5) is 25.6. The maximum absolute atomic E-state index is 12.8. The predicted molar refractivity (Wildman–Crippen MR) is 105 cm³/mol. The Kier molecular flexibility index (Phi) is 7.07. The average Bonchev–Trinajstić information content (AvgIpc) is 2.58. The Morgan fingerprint density at radius 2 is 1.92 bits per heavy atom. The molecule has 5 heteroatoms. The normalized spacial score (nSPS) is 16.5. The van der Waals surface area contributed by atoms with Crippen molar-refractivity contribution in [1.29, 1.82) is 0 Å². The molecule has 1 aliphatic rings. The standard InChI is InChI=1S/C19H27IN2O2/c1-3-4-13-21-18(24)19(11-6-5-7-12-19)22-17(23)15-10-8-9-14(2)16(15)20/h8-10H,3-7,11-13H2,1-2H3,(H,21,24)(H,22,23). The van der Waals surface area contributed by atoms with E-state index in [0.29, 0.717) is 12.1 Å². The summed E-state index contributed by atoms with van der Waals surface area (Å²) in [6.45, 7) is 4.77. The lowest BCUT2D eigenvalue weighted by atomic mass is 9.80. The molecule has 2 amide bonds. The van der Waals surface area contributed by atoms with E-state index in [1.165, 1.54) is 0 Å². The smallest absolute Gasteiger partial charge is 0.253 e. The number of unbranched alkanes of at least 4 members (excludes halogenated alkanes) is 1. The molecular weight excluding hydrogens is 415 g/mol. The molecule has 1 fully saturated rings. The van der Waals surface area contributed by atoms with Gasteiger partial charge in [0, 0.05) is 10.1 Å². The highest BCUT2D eigenvalue weighted by molar-refractivity contribution is 14.1. The molecule has 4 nitrogen and oxygen atoms in total. The molecular formula is C19H27IN2O2. The van der Waals surface area contributed by atoms with Crippen LogP contribution in [0.2, 0.25) is 0 Å². The molecule has 2 N–H and O–H groups in total. The number of rotatable bonds is 6. The molecule has 1 saturated carbocycles. The van der Waals surface area contributed by atoms with Crippen molar-refractivity contribution in [1.82, 2.24) is 10.6 Å². The molecule has 132 valence electrons. The van der Waals surface area contributed by atoms with Crippen molar-refractivity contribution in [3.8, 4) is 0 Å². The van der Waals surface area contributed by atoms with Gasteiger partial charge in [-0.3, -0.25) is 9.59 Å². The quantitative estimate of drug-likeness (QED) is 0.518. The van der Waals surface area contributed by atoms with E-state index in [0.717, 1.165) is 54.1 Å². The molecule has 0 unspecified atom stereocenters. The van der Waals surface area contributed by atoms with Crippen molar-refractivity contribution >= 4 is 34.4 Å². The van der Waals surface area contributed by atoms with E-state index >= 15 is 0 Å². The number of hydrogen-bond donors (Lipinski definition) is 2. The summed E-state index contributed by atoms with van der Waals surface area (Å²) < 4.78 is 0.949. The third kappa shape index (κ3) is 4.49. The van der Waals surface area contributed by atoms with Crippen LogP contribution in [0.15, 0.2) is 18.2 Å². The fourth-order valence-corrected chi connectivity index (χ4v) is 3.82. The van der Waals surface area contributed by atoms with Crippen LogP contribution in [0.4, 0.5) is 0 Å². The van der Waals surface area contributed by atoms with Gasteiger partial charge in [0.05, 0.1) is 5.56 Å². The molecule has 2 rings (SSSR count). The molecule has 0 aliphatic heterocycles. The van der Waals surface area contributed by atoms with Crippen LogP contribution in [-0.4, -0.2) is 23.9 Å². The van der Waals surface area contributed by atoms with E-state index in [4.69, 9.17) is 0 Å². The van der Waals surface area contributed by atoms with E-state index in [1.54, 1.807) is 0 Å². The Labute approximate surface area is 158 Å². The number of benzene rings is 1. The van der Waals surface area contributed by atoms with Gasteiger partial charge in [-0.05, 0) is 60.4 Å². The van der Waals surface area contributed by atoms with Gasteiger partial charge in [0.25, 0.3) is 5.91 Å². The van der Waals surface area contributed by atoms with Crippen LogP contribution in [0.3, 0.4) is 0 Å². The minimum Gasteiger partial charge on any atom is -0.354 e. The molecule has 0 radical (unpaired) electrons. The Balaban J connectivity index is 2.17. The van der Waals surface area contributed by atoms with Gasteiger partial charge >= 0.3 is 0 Å². The predicted octanol–water partition coefficient (Wildman–Crippen LogP) is 3.95. The maximum atomic E-state index is 12.8. The maximum Gasteiger partial charge on any atom is 0.253 e. The zero-order valence-electron chi connectivity index (χ0n) is 14.6. The summed E-state index contributed by atoms with van der Waals surface area (Å²) in [5.41, 5.74) is 0.978. The van der Waals surface area contributed by atoms with Crippen molar-refractivity contribution in [2.45, 2.75) is 64.3 Å². The Bertz CT molecular complexity index is 595. The number of nitrogens with one attached hydrogen (secondary N) is 2. The first-order valence-corrected chi connectivity index (χ1v) is 9.94. The Hall–Kier alpha value is -1.11. The highest BCUT2D eigenvalue weighted by atomic mass is 127. The van der Waals surface area contributed by atoms with Gasteiger partial charge in [0.1, 0.15) is 5.54 Å². The fraction of sp³-hybridized carbons (Fsp3) is 0.579. The molecule has 1 aromatic rings. The summed E-state index contributed by atoms with van der Waals surface area (Å²) in [6, 6.07) is 5.71. The van der Waals surface area contributed by atoms with Crippen molar-refractivity contribution in [3.05, 3.63) is 32.9 Å². The van der Waals surface area contributed by atoms with Crippen molar-refractivity contribution < 1.29 is 9.59 Å². The van der Waals surface area contributed by atoms with Crippen molar-refractivity contribution in [2.24, 2.45) is 0 Å². The second-order valence-electron chi connectivity index (χ2n) is 6.64. The second kappa shape index (κ2) is 8.83. The van der Waals surface area contributed by atoms with E-state index in [1.807, 2.05) is 25.1 Å². The first-order chi connectivity index (χ1) is 11.5. The summed E-state index contributed by atoms with van der Waals surface area (Å²) >= 11 is 2.20. The fourth-order valence-electron chi connectivity index (χ4n) is 3.22. The molecule has 1 aliphatic carbocycles. The van der Waals surface area contributed by atoms with Gasteiger partial charge in [-0.1, -0.05) is 44.7 Å². The highest BCUT2D eigenvalue weighted by Crippen LogP contribution is 2.29. The number of carbonyl (C=O) groups excluding carboxylic acids is 2. The van der Waals surface area contributed by atoms with Crippen LogP contribution in [0.25, 0.3) is 0 Å². The highest BCUT2D eigenvalue weighted by Gasteiger charge is 2.41. The van der Waals surface area contributed by atoms with Gasteiger partial charge in [-0.25, -0.2) is 0 Å². The largest absolute Gasteiger partial charge is 0.354 e. The number of hydrogen-bond acceptors (Lipinski definition) is 2. The number of aryl methyl sites for hydroxylation is 1. The summed E-state index contributed by atoms with van der Waals surface area (Å²) in [5, 5.41) is 6.11. The van der Waals surface area contributed by atoms with E-state index in [9.17, 15) is 9.59 Å². The van der Waals surface area contributed by atoms with Crippen LogP contribution < -0.4 is 10.6 Å². The van der Waals surface area contributed by atoms with Crippen LogP contribution in [0.5, 0.6) is 0 Å². The first kappa shape index (κ1) is 19.2. The molecule has 0 aromatic heterocycles. The minimum absolute atomic E-state index is 0.0216. The van der Waals surface area contributed by atoms with Crippen LogP contribution >= 0.6 is 22.6 Å². The molecule has 0 bridgehead atoms.